The van der Waals surface area contributed by atoms with Crippen LogP contribution in [-0.4, -0.2) is 29.6 Å². The predicted molar refractivity (Wildman–Crippen MR) is 75.6 cm³/mol. The van der Waals surface area contributed by atoms with Gasteiger partial charge in [0.25, 0.3) is 0 Å². The van der Waals surface area contributed by atoms with Crippen molar-refractivity contribution in [3.63, 3.8) is 0 Å². The number of carbonyl (C=O) groups excluding carboxylic acids is 1. The van der Waals surface area contributed by atoms with Crippen LogP contribution in [0.3, 0.4) is 0 Å². The molecule has 0 heterocycles. The van der Waals surface area contributed by atoms with E-state index in [1.54, 1.807) is 0 Å². The fraction of sp³-hybridized carbons (Fsp3) is 0.857. The quantitative estimate of drug-likeness (QED) is 0.594. The zero-order valence-corrected chi connectivity index (χ0v) is 12.5. The first-order valence-corrected chi connectivity index (χ1v) is 7.03. The van der Waals surface area contributed by atoms with Gasteiger partial charge in [-0.1, -0.05) is 34.1 Å². The van der Waals surface area contributed by atoms with E-state index in [0.29, 0.717) is 25.3 Å². The highest BCUT2D eigenvalue weighted by molar-refractivity contribution is 5.83. The van der Waals surface area contributed by atoms with E-state index in [2.05, 4.69) is 19.2 Å². The van der Waals surface area contributed by atoms with Gasteiger partial charge in [-0.25, -0.2) is 4.79 Å². The Hall–Kier alpha value is -1.10. The third-order valence-corrected chi connectivity index (χ3v) is 3.41. The van der Waals surface area contributed by atoms with Crippen molar-refractivity contribution < 1.29 is 14.7 Å². The normalized spacial score (nSPS) is 15.9. The molecule has 1 amide bonds. The largest absolute Gasteiger partial charge is 0.480 e. The average Bonchev–Trinajstić information content (AvgIpc) is 2.33. The number of carboxylic acids is 1. The van der Waals surface area contributed by atoms with Crippen molar-refractivity contribution in [2.45, 2.75) is 53.0 Å². The Bertz CT molecular complexity index is 292. The number of hydrogen-bond acceptors (Lipinski definition) is 3. The summed E-state index contributed by atoms with van der Waals surface area (Å²) < 4.78 is 0. The minimum absolute atomic E-state index is 0.0807. The van der Waals surface area contributed by atoms with E-state index in [0.717, 1.165) is 6.42 Å². The highest BCUT2D eigenvalue weighted by Crippen LogP contribution is 2.15. The molecule has 1 unspecified atom stereocenters. The molecule has 0 saturated heterocycles. The molecule has 0 bridgehead atoms. The van der Waals surface area contributed by atoms with Gasteiger partial charge < -0.3 is 16.2 Å². The van der Waals surface area contributed by atoms with Gasteiger partial charge in [-0.3, -0.25) is 4.79 Å². The molecule has 5 heteroatoms. The topological polar surface area (TPSA) is 92.4 Å². The Balaban J connectivity index is 4.44. The maximum Gasteiger partial charge on any atom is 0.326 e. The molecule has 0 aliphatic heterocycles. The summed E-state index contributed by atoms with van der Waals surface area (Å²) in [6, 6.07) is -0.810. The monoisotopic (exact) mass is 272 g/mol. The van der Waals surface area contributed by atoms with Gasteiger partial charge in [-0.15, -0.1) is 0 Å². The molecular formula is C14H28N2O3. The highest BCUT2D eigenvalue weighted by Gasteiger charge is 2.26. The number of nitrogens with one attached hydrogen (secondary N) is 1. The maximum atomic E-state index is 11.9. The molecule has 3 atom stereocenters. The van der Waals surface area contributed by atoms with Crippen molar-refractivity contribution in [2.24, 2.45) is 23.5 Å². The zero-order chi connectivity index (χ0) is 15.0. The summed E-state index contributed by atoms with van der Waals surface area (Å²) in [7, 11) is 0. The molecule has 112 valence electrons. The molecule has 0 aliphatic carbocycles. The second kappa shape index (κ2) is 8.91. The molecule has 5 nitrogen and oxygen atoms in total. The van der Waals surface area contributed by atoms with Gasteiger partial charge in [0.15, 0.2) is 0 Å². The second-order valence-electron chi connectivity index (χ2n) is 5.70. The molecule has 0 fully saturated rings. The van der Waals surface area contributed by atoms with E-state index < -0.39 is 12.0 Å². The molecule has 0 aromatic carbocycles. The van der Waals surface area contributed by atoms with Crippen LogP contribution < -0.4 is 11.1 Å². The number of carbonyl (C=O) groups is 2. The molecule has 0 saturated carbocycles. The number of carboxylic acid groups (broad SMARTS) is 1. The fourth-order valence-electron chi connectivity index (χ4n) is 2.11. The third kappa shape index (κ3) is 7.15. The number of amides is 1. The van der Waals surface area contributed by atoms with Gasteiger partial charge in [0, 0.05) is 6.42 Å². The first-order valence-electron chi connectivity index (χ1n) is 7.03. The second-order valence-corrected chi connectivity index (χ2v) is 5.70. The first-order chi connectivity index (χ1) is 8.81. The molecule has 0 aliphatic rings. The minimum atomic E-state index is -0.976. The van der Waals surface area contributed by atoms with E-state index in [9.17, 15) is 9.59 Å². The molecule has 0 aromatic heterocycles. The summed E-state index contributed by atoms with van der Waals surface area (Å²) in [5.74, 6) is -0.680. The lowest BCUT2D eigenvalue weighted by atomic mass is 9.93. The summed E-state index contributed by atoms with van der Waals surface area (Å²) >= 11 is 0. The van der Waals surface area contributed by atoms with Crippen LogP contribution in [0, 0.1) is 17.8 Å². The van der Waals surface area contributed by atoms with Crippen molar-refractivity contribution in [1.29, 1.82) is 0 Å². The van der Waals surface area contributed by atoms with E-state index in [1.165, 1.54) is 0 Å². The first kappa shape index (κ1) is 17.9. The van der Waals surface area contributed by atoms with Crippen LogP contribution >= 0.6 is 0 Å². The standard InChI is InChI=1S/C14H28N2O3/c1-5-10(4)13(14(18)19)16-12(17)7-11(8-15)6-9(2)3/h9-11,13H,5-8,15H2,1-4H3,(H,16,17)(H,18,19)/t10-,11?,13-/m0/s1. The van der Waals surface area contributed by atoms with Crippen molar-refractivity contribution in [2.75, 3.05) is 6.54 Å². The molecule has 0 aromatic rings. The lowest BCUT2D eigenvalue weighted by Crippen LogP contribution is -2.45. The lowest BCUT2D eigenvalue weighted by Gasteiger charge is -2.22. The van der Waals surface area contributed by atoms with E-state index in [-0.39, 0.29) is 17.7 Å². The van der Waals surface area contributed by atoms with Crippen molar-refractivity contribution >= 4 is 11.9 Å². The lowest BCUT2D eigenvalue weighted by molar-refractivity contribution is -0.143. The van der Waals surface area contributed by atoms with Crippen LogP contribution in [-0.2, 0) is 9.59 Å². The van der Waals surface area contributed by atoms with E-state index in [4.69, 9.17) is 10.8 Å². The van der Waals surface area contributed by atoms with Gasteiger partial charge in [-0.05, 0) is 30.7 Å². The Kier molecular flexibility index (Phi) is 8.39. The average molecular weight is 272 g/mol. The minimum Gasteiger partial charge on any atom is -0.480 e. The summed E-state index contributed by atoms with van der Waals surface area (Å²) in [5, 5.41) is 11.7. The van der Waals surface area contributed by atoms with Crippen LogP contribution in [0.5, 0.6) is 0 Å². The Morgan fingerprint density at radius 2 is 1.84 bits per heavy atom. The van der Waals surface area contributed by atoms with Crippen molar-refractivity contribution in [3.05, 3.63) is 0 Å². The van der Waals surface area contributed by atoms with Crippen molar-refractivity contribution in [1.82, 2.24) is 5.32 Å². The summed E-state index contributed by atoms with van der Waals surface area (Å²) in [6.45, 7) is 8.36. The van der Waals surface area contributed by atoms with Crippen molar-refractivity contribution in [3.8, 4) is 0 Å². The summed E-state index contributed by atoms with van der Waals surface area (Å²) in [5.41, 5.74) is 5.65. The fourth-order valence-corrected chi connectivity index (χ4v) is 2.11. The van der Waals surface area contributed by atoms with Crippen LogP contribution in [0.25, 0.3) is 0 Å². The Labute approximate surface area is 115 Å². The molecule has 0 rings (SSSR count). The number of hydrogen-bond donors (Lipinski definition) is 3. The highest BCUT2D eigenvalue weighted by atomic mass is 16.4. The van der Waals surface area contributed by atoms with Gasteiger partial charge in [-0.2, -0.15) is 0 Å². The predicted octanol–water partition coefficient (Wildman–Crippen LogP) is 1.61. The Morgan fingerprint density at radius 3 is 2.21 bits per heavy atom. The van der Waals surface area contributed by atoms with Gasteiger partial charge in [0.2, 0.25) is 5.91 Å². The Morgan fingerprint density at radius 1 is 1.26 bits per heavy atom. The van der Waals surface area contributed by atoms with Crippen LogP contribution in [0.15, 0.2) is 0 Å². The number of aliphatic carboxylic acids is 1. The number of rotatable bonds is 9. The van der Waals surface area contributed by atoms with Gasteiger partial charge >= 0.3 is 5.97 Å². The summed E-state index contributed by atoms with van der Waals surface area (Å²) in [6.07, 6.45) is 1.89. The smallest absolute Gasteiger partial charge is 0.326 e. The molecule has 4 N–H and O–H groups in total. The zero-order valence-electron chi connectivity index (χ0n) is 12.5. The van der Waals surface area contributed by atoms with Gasteiger partial charge in [0.1, 0.15) is 6.04 Å². The molecule has 0 radical (unpaired) electrons. The molecular weight excluding hydrogens is 244 g/mol. The SMILES string of the molecule is CC[C@H](C)[C@H](NC(=O)CC(CN)CC(C)C)C(=O)O. The van der Waals surface area contributed by atoms with E-state index >= 15 is 0 Å². The van der Waals surface area contributed by atoms with Crippen LogP contribution in [0.1, 0.15) is 47.0 Å². The van der Waals surface area contributed by atoms with Crippen LogP contribution in [0.4, 0.5) is 0 Å². The van der Waals surface area contributed by atoms with Gasteiger partial charge in [0.05, 0.1) is 0 Å². The maximum absolute atomic E-state index is 11.9. The number of nitrogens with two attached hydrogens (primary N) is 1. The van der Waals surface area contributed by atoms with Crippen LogP contribution in [0.2, 0.25) is 0 Å². The summed E-state index contributed by atoms with van der Waals surface area (Å²) in [4.78, 5) is 23.0. The van der Waals surface area contributed by atoms with E-state index in [1.807, 2.05) is 13.8 Å². The third-order valence-electron chi connectivity index (χ3n) is 3.41. The molecule has 0 spiro atoms. The molecule has 19 heavy (non-hydrogen) atoms.